The fourth-order valence-corrected chi connectivity index (χ4v) is 1.86. The van der Waals surface area contributed by atoms with Gasteiger partial charge in [0.25, 0.3) is 0 Å². The summed E-state index contributed by atoms with van der Waals surface area (Å²) in [5.41, 5.74) is 1.20. The van der Waals surface area contributed by atoms with Crippen molar-refractivity contribution < 1.29 is 0 Å². The summed E-state index contributed by atoms with van der Waals surface area (Å²) in [5, 5.41) is 4.78. The Labute approximate surface area is 90.7 Å². The zero-order valence-electron chi connectivity index (χ0n) is 9.38. The molecule has 0 amide bonds. The lowest BCUT2D eigenvalue weighted by Gasteiger charge is -2.14. The van der Waals surface area contributed by atoms with Crippen molar-refractivity contribution >= 4 is 16.7 Å². The summed E-state index contributed by atoms with van der Waals surface area (Å²) in [6.07, 6.45) is 2.32. The number of aromatic nitrogens is 1. The zero-order chi connectivity index (χ0) is 10.7. The minimum Gasteiger partial charge on any atom is -0.369 e. The van der Waals surface area contributed by atoms with Gasteiger partial charge in [0.1, 0.15) is 5.82 Å². The first-order valence-electron chi connectivity index (χ1n) is 5.67. The number of hydrogen-bond donors (Lipinski definition) is 2. The molecule has 1 heterocycles. The maximum atomic E-state index is 3.51. The summed E-state index contributed by atoms with van der Waals surface area (Å²) in [5.74, 6) is 1.13. The lowest BCUT2D eigenvalue weighted by molar-refractivity contribution is 0.669. The number of nitrogens with one attached hydrogen (secondary N) is 2. The van der Waals surface area contributed by atoms with Gasteiger partial charge in [0.05, 0.1) is 0 Å². The van der Waals surface area contributed by atoms with Crippen LogP contribution in [0.3, 0.4) is 0 Å². The van der Waals surface area contributed by atoms with Crippen molar-refractivity contribution in [3.05, 3.63) is 30.3 Å². The monoisotopic (exact) mass is 202 g/mol. The third-order valence-electron chi connectivity index (χ3n) is 2.88. The van der Waals surface area contributed by atoms with Gasteiger partial charge in [0, 0.05) is 16.9 Å². The molecule has 0 saturated heterocycles. The molecule has 2 rings (SSSR count). The van der Waals surface area contributed by atoms with E-state index in [2.05, 4.69) is 54.5 Å². The van der Waals surface area contributed by atoms with Crippen molar-refractivity contribution in [3.63, 3.8) is 0 Å². The molecule has 0 bridgehead atoms. The van der Waals surface area contributed by atoms with Crippen molar-refractivity contribution in [2.75, 3.05) is 5.32 Å². The molecule has 1 aromatic carbocycles. The minimum absolute atomic E-state index is 0.568. The van der Waals surface area contributed by atoms with Crippen LogP contribution in [0.5, 0.6) is 0 Å². The van der Waals surface area contributed by atoms with E-state index in [-0.39, 0.29) is 0 Å². The minimum atomic E-state index is 0.568. The molecule has 0 aliphatic rings. The Balaban J connectivity index is 2.21. The Morgan fingerprint density at radius 1 is 1.20 bits per heavy atom. The van der Waals surface area contributed by atoms with E-state index in [4.69, 9.17) is 0 Å². The molecule has 0 unspecified atom stereocenters. The van der Waals surface area contributed by atoms with E-state index in [0.717, 1.165) is 18.7 Å². The summed E-state index contributed by atoms with van der Waals surface area (Å²) in [7, 11) is 0. The van der Waals surface area contributed by atoms with Gasteiger partial charge in [0.2, 0.25) is 0 Å². The Morgan fingerprint density at radius 3 is 2.60 bits per heavy atom. The average Bonchev–Trinajstić information content (AvgIpc) is 2.68. The van der Waals surface area contributed by atoms with Gasteiger partial charge in [-0.05, 0) is 25.0 Å². The van der Waals surface area contributed by atoms with Crippen LogP contribution < -0.4 is 5.32 Å². The van der Waals surface area contributed by atoms with Crippen molar-refractivity contribution in [2.45, 2.75) is 32.7 Å². The van der Waals surface area contributed by atoms with Crippen LogP contribution in [0.1, 0.15) is 26.7 Å². The number of anilines is 1. The van der Waals surface area contributed by atoms with Crippen molar-refractivity contribution in [3.8, 4) is 0 Å². The Morgan fingerprint density at radius 2 is 1.93 bits per heavy atom. The normalized spacial score (nSPS) is 11.1. The Bertz CT molecular complexity index is 394. The van der Waals surface area contributed by atoms with E-state index in [9.17, 15) is 0 Å². The molecule has 2 heteroatoms. The second kappa shape index (κ2) is 4.39. The molecule has 0 atom stereocenters. The maximum Gasteiger partial charge on any atom is 0.104 e. The summed E-state index contributed by atoms with van der Waals surface area (Å²) >= 11 is 0. The summed E-state index contributed by atoms with van der Waals surface area (Å²) in [6, 6.07) is 11.1. The predicted molar refractivity (Wildman–Crippen MR) is 66.3 cm³/mol. The fraction of sp³-hybridized carbons (Fsp3) is 0.385. The zero-order valence-corrected chi connectivity index (χ0v) is 9.38. The molecular formula is C13H18N2. The molecule has 2 nitrogen and oxygen atoms in total. The molecule has 0 aliphatic heterocycles. The van der Waals surface area contributed by atoms with Gasteiger partial charge < -0.3 is 10.3 Å². The smallest absolute Gasteiger partial charge is 0.104 e. The molecule has 15 heavy (non-hydrogen) atoms. The predicted octanol–water partition coefficient (Wildman–Crippen LogP) is 3.77. The summed E-state index contributed by atoms with van der Waals surface area (Å²) in [6.45, 7) is 4.42. The van der Waals surface area contributed by atoms with Crippen LogP contribution >= 0.6 is 0 Å². The van der Waals surface area contributed by atoms with Gasteiger partial charge in [-0.15, -0.1) is 0 Å². The number of hydrogen-bond acceptors (Lipinski definition) is 1. The van der Waals surface area contributed by atoms with Gasteiger partial charge in [-0.2, -0.15) is 0 Å². The van der Waals surface area contributed by atoms with E-state index >= 15 is 0 Å². The SMILES string of the molecule is CCC(CC)Nc1cc2ccccc2[nH]1. The van der Waals surface area contributed by atoms with Crippen molar-refractivity contribution in [1.29, 1.82) is 0 Å². The molecule has 0 spiro atoms. The van der Waals surface area contributed by atoms with Crippen molar-refractivity contribution in [2.24, 2.45) is 0 Å². The van der Waals surface area contributed by atoms with Crippen LogP contribution in [-0.2, 0) is 0 Å². The van der Waals surface area contributed by atoms with Crippen LogP contribution in [-0.4, -0.2) is 11.0 Å². The van der Waals surface area contributed by atoms with E-state index in [1.54, 1.807) is 0 Å². The first kappa shape index (κ1) is 10.1. The second-order valence-electron chi connectivity index (χ2n) is 3.93. The van der Waals surface area contributed by atoms with Crippen LogP contribution in [0.15, 0.2) is 30.3 Å². The first-order chi connectivity index (χ1) is 7.33. The van der Waals surface area contributed by atoms with Gasteiger partial charge in [-0.25, -0.2) is 0 Å². The lowest BCUT2D eigenvalue weighted by atomic mass is 10.2. The summed E-state index contributed by atoms with van der Waals surface area (Å²) in [4.78, 5) is 3.38. The maximum absolute atomic E-state index is 3.51. The average molecular weight is 202 g/mol. The van der Waals surface area contributed by atoms with E-state index < -0.39 is 0 Å². The van der Waals surface area contributed by atoms with E-state index in [1.807, 2.05) is 0 Å². The molecule has 0 fully saturated rings. The van der Waals surface area contributed by atoms with Crippen LogP contribution in [0, 0.1) is 0 Å². The number of rotatable bonds is 4. The Kier molecular flexibility index (Phi) is 2.95. The second-order valence-corrected chi connectivity index (χ2v) is 3.93. The fourth-order valence-electron chi connectivity index (χ4n) is 1.86. The van der Waals surface area contributed by atoms with Gasteiger partial charge in [-0.3, -0.25) is 0 Å². The molecule has 2 N–H and O–H groups in total. The van der Waals surface area contributed by atoms with Crippen LogP contribution in [0.2, 0.25) is 0 Å². The molecule has 80 valence electrons. The first-order valence-corrected chi connectivity index (χ1v) is 5.67. The highest BCUT2D eigenvalue weighted by Gasteiger charge is 2.04. The molecule has 1 aromatic heterocycles. The Hall–Kier alpha value is -1.44. The lowest BCUT2D eigenvalue weighted by Crippen LogP contribution is -2.16. The topological polar surface area (TPSA) is 27.8 Å². The van der Waals surface area contributed by atoms with E-state index in [1.165, 1.54) is 10.9 Å². The van der Waals surface area contributed by atoms with E-state index in [0.29, 0.717) is 6.04 Å². The molecule has 0 saturated carbocycles. The van der Waals surface area contributed by atoms with Gasteiger partial charge in [0.15, 0.2) is 0 Å². The highest BCUT2D eigenvalue weighted by atomic mass is 15.0. The third kappa shape index (κ3) is 2.14. The number of benzene rings is 1. The highest BCUT2D eigenvalue weighted by molar-refractivity contribution is 5.83. The quantitative estimate of drug-likeness (QED) is 0.776. The molecular weight excluding hydrogens is 184 g/mol. The summed E-state index contributed by atoms with van der Waals surface area (Å²) < 4.78 is 0. The number of aromatic amines is 1. The van der Waals surface area contributed by atoms with Crippen LogP contribution in [0.25, 0.3) is 10.9 Å². The highest BCUT2D eigenvalue weighted by Crippen LogP contribution is 2.19. The number of fused-ring (bicyclic) bond motifs is 1. The number of para-hydroxylation sites is 1. The van der Waals surface area contributed by atoms with Crippen LogP contribution in [0.4, 0.5) is 5.82 Å². The van der Waals surface area contributed by atoms with Gasteiger partial charge in [-0.1, -0.05) is 32.0 Å². The molecule has 0 radical (unpaired) electrons. The standard InChI is InChI=1S/C13H18N2/c1-3-11(4-2)14-13-9-10-7-5-6-8-12(10)15-13/h5-9,11,14-15H,3-4H2,1-2H3. The van der Waals surface area contributed by atoms with Gasteiger partial charge >= 0.3 is 0 Å². The van der Waals surface area contributed by atoms with Crippen molar-refractivity contribution in [1.82, 2.24) is 4.98 Å². The molecule has 0 aliphatic carbocycles. The molecule has 2 aromatic rings. The number of H-pyrrole nitrogens is 1. The largest absolute Gasteiger partial charge is 0.369 e. The third-order valence-corrected chi connectivity index (χ3v) is 2.88.